The van der Waals surface area contributed by atoms with Crippen molar-refractivity contribution in [3.63, 3.8) is 0 Å². The van der Waals surface area contributed by atoms with Crippen molar-refractivity contribution in [1.82, 2.24) is 0 Å². The summed E-state index contributed by atoms with van der Waals surface area (Å²) in [5.41, 5.74) is 9.07. The highest BCUT2D eigenvalue weighted by Gasteiger charge is 2.18. The van der Waals surface area contributed by atoms with Gasteiger partial charge in [0.1, 0.15) is 5.58 Å². The fourth-order valence-electron chi connectivity index (χ4n) is 3.04. The summed E-state index contributed by atoms with van der Waals surface area (Å²) in [6.07, 6.45) is 0. The third-order valence-corrected chi connectivity index (χ3v) is 6.01. The Hall–Kier alpha value is -3.09. The smallest absolute Gasteiger partial charge is 0.285 e. The van der Waals surface area contributed by atoms with Gasteiger partial charge in [0.25, 0.3) is 10.0 Å². The van der Waals surface area contributed by atoms with Gasteiger partial charge in [-0.25, -0.2) is 0 Å². The molecule has 1 heterocycles. The average Bonchev–Trinajstić information content (AvgIpc) is 2.68. The van der Waals surface area contributed by atoms with Crippen LogP contribution in [0.3, 0.4) is 0 Å². The first-order chi connectivity index (χ1) is 13.8. The van der Waals surface area contributed by atoms with E-state index in [0.717, 1.165) is 5.56 Å². The number of nitrogens with two attached hydrogens (primary N) is 1. The van der Waals surface area contributed by atoms with Crippen LogP contribution in [0.25, 0.3) is 22.1 Å². The number of anilines is 1. The minimum atomic E-state index is -4.01. The minimum Gasteiger partial charge on any atom is -0.437 e. The summed E-state index contributed by atoms with van der Waals surface area (Å²) in [7, 11) is -4.01. The number of rotatable bonds is 3. The molecule has 0 amide bonds. The maximum Gasteiger partial charge on any atom is 0.285 e. The van der Waals surface area contributed by atoms with Crippen molar-refractivity contribution in [2.24, 2.45) is 4.40 Å². The van der Waals surface area contributed by atoms with E-state index >= 15 is 0 Å². The van der Waals surface area contributed by atoms with Crippen molar-refractivity contribution in [1.29, 1.82) is 0 Å². The van der Waals surface area contributed by atoms with Crippen LogP contribution < -0.4 is 11.3 Å². The van der Waals surface area contributed by atoms with E-state index in [9.17, 15) is 8.42 Å². The number of sulfonamides is 1. The molecule has 0 aliphatic heterocycles. The van der Waals surface area contributed by atoms with Crippen LogP contribution in [0.4, 0.5) is 5.69 Å². The summed E-state index contributed by atoms with van der Waals surface area (Å²) in [4.78, 5) is 0.0714. The average molecular weight is 425 g/mol. The zero-order valence-electron chi connectivity index (χ0n) is 15.5. The summed E-state index contributed by atoms with van der Waals surface area (Å²) >= 11 is 6.14. The van der Waals surface area contributed by atoms with Crippen LogP contribution in [0.2, 0.25) is 5.02 Å². The largest absolute Gasteiger partial charge is 0.437 e. The molecule has 0 atom stereocenters. The molecule has 0 saturated carbocycles. The number of halogens is 1. The highest BCUT2D eigenvalue weighted by atomic mass is 35.5. The summed E-state index contributed by atoms with van der Waals surface area (Å²) in [5, 5.41) is 1.15. The van der Waals surface area contributed by atoms with E-state index in [1.54, 1.807) is 54.6 Å². The van der Waals surface area contributed by atoms with E-state index in [2.05, 4.69) is 4.40 Å². The number of para-hydroxylation sites is 1. The molecule has 0 unspecified atom stereocenters. The number of hydrogen-bond donors (Lipinski definition) is 1. The summed E-state index contributed by atoms with van der Waals surface area (Å²) in [6.45, 7) is 1.88. The van der Waals surface area contributed by atoms with Gasteiger partial charge < -0.3 is 10.2 Å². The zero-order valence-corrected chi connectivity index (χ0v) is 17.0. The van der Waals surface area contributed by atoms with Crippen LogP contribution in [0.5, 0.6) is 0 Å². The highest BCUT2D eigenvalue weighted by molar-refractivity contribution is 7.90. The number of fused-ring (bicyclic) bond motifs is 1. The van der Waals surface area contributed by atoms with Gasteiger partial charge in [-0.3, -0.25) is 0 Å². The molecule has 0 fully saturated rings. The van der Waals surface area contributed by atoms with Gasteiger partial charge in [-0.05, 0) is 48.9 Å². The third kappa shape index (κ3) is 3.77. The van der Waals surface area contributed by atoms with Crippen LogP contribution in [0.15, 0.2) is 86.5 Å². The maximum absolute atomic E-state index is 12.9. The normalized spacial score (nSPS) is 12.4. The molecule has 0 aliphatic carbocycles. The van der Waals surface area contributed by atoms with E-state index < -0.39 is 10.0 Å². The Labute approximate surface area is 173 Å². The predicted molar refractivity (Wildman–Crippen MR) is 115 cm³/mol. The Morgan fingerprint density at radius 1 is 0.966 bits per heavy atom. The van der Waals surface area contributed by atoms with Crippen molar-refractivity contribution >= 4 is 38.3 Å². The summed E-state index contributed by atoms with van der Waals surface area (Å²) in [6, 6.07) is 20.5. The SMILES string of the molecule is Cc1ccc(S(=O)(=O)N=c2oc3ccccc3c(N)c2-c2cccc(Cl)c2)cc1. The second-order valence-electron chi connectivity index (χ2n) is 6.58. The molecular weight excluding hydrogens is 408 g/mol. The monoisotopic (exact) mass is 424 g/mol. The molecular formula is C22H17ClN2O3S. The first kappa shape index (κ1) is 19.2. The molecule has 0 bridgehead atoms. The maximum atomic E-state index is 12.9. The lowest BCUT2D eigenvalue weighted by molar-refractivity contribution is 0.543. The van der Waals surface area contributed by atoms with Gasteiger partial charge in [0.2, 0.25) is 5.55 Å². The number of nitrogens with zero attached hydrogens (tertiary/aromatic N) is 1. The molecule has 4 aromatic rings. The second kappa shape index (κ2) is 7.39. The fourth-order valence-corrected chi connectivity index (χ4v) is 4.17. The minimum absolute atomic E-state index is 0.0714. The van der Waals surface area contributed by atoms with Crippen molar-refractivity contribution < 1.29 is 12.8 Å². The van der Waals surface area contributed by atoms with Crippen LogP contribution in [0, 0.1) is 6.92 Å². The van der Waals surface area contributed by atoms with E-state index in [0.29, 0.717) is 32.8 Å². The Bertz CT molecular complexity index is 1390. The molecule has 5 nitrogen and oxygen atoms in total. The van der Waals surface area contributed by atoms with Gasteiger partial charge in [-0.2, -0.15) is 8.42 Å². The van der Waals surface area contributed by atoms with E-state index in [-0.39, 0.29) is 10.4 Å². The van der Waals surface area contributed by atoms with Gasteiger partial charge in [0, 0.05) is 10.4 Å². The van der Waals surface area contributed by atoms with Gasteiger partial charge in [-0.15, -0.1) is 4.40 Å². The predicted octanol–water partition coefficient (Wildman–Crippen LogP) is 4.93. The number of aryl methyl sites for hydroxylation is 1. The van der Waals surface area contributed by atoms with Crippen LogP contribution in [-0.2, 0) is 10.0 Å². The molecule has 0 saturated heterocycles. The van der Waals surface area contributed by atoms with E-state index in [4.69, 9.17) is 21.8 Å². The molecule has 3 aromatic carbocycles. The molecule has 29 heavy (non-hydrogen) atoms. The van der Waals surface area contributed by atoms with E-state index in [1.165, 1.54) is 12.1 Å². The van der Waals surface area contributed by atoms with Crippen LogP contribution in [-0.4, -0.2) is 8.42 Å². The topological polar surface area (TPSA) is 85.7 Å². The van der Waals surface area contributed by atoms with Crippen molar-refractivity contribution in [3.05, 3.63) is 88.9 Å². The standard InChI is InChI=1S/C22H17ClN2O3S/c1-14-9-11-17(12-10-14)29(26,27)25-22-20(15-5-4-6-16(23)13-15)21(24)18-7-2-3-8-19(18)28-22/h2-13H,24H2,1H3. The second-order valence-corrected chi connectivity index (χ2v) is 8.62. The van der Waals surface area contributed by atoms with Crippen LogP contribution in [0.1, 0.15) is 5.56 Å². The molecule has 1 aromatic heterocycles. The molecule has 2 N–H and O–H groups in total. The van der Waals surface area contributed by atoms with E-state index in [1.807, 2.05) is 13.0 Å². The number of nitrogen functional groups attached to an aromatic ring is 1. The highest BCUT2D eigenvalue weighted by Crippen LogP contribution is 2.31. The molecule has 0 radical (unpaired) electrons. The fraction of sp³-hybridized carbons (Fsp3) is 0.0455. The summed E-state index contributed by atoms with van der Waals surface area (Å²) < 4.78 is 35.7. The van der Waals surface area contributed by atoms with Crippen molar-refractivity contribution in [2.45, 2.75) is 11.8 Å². The number of hydrogen-bond acceptors (Lipinski definition) is 4. The van der Waals surface area contributed by atoms with Crippen molar-refractivity contribution in [3.8, 4) is 11.1 Å². The molecule has 0 spiro atoms. The Kier molecular flexibility index (Phi) is 4.90. The molecule has 7 heteroatoms. The van der Waals surface area contributed by atoms with Gasteiger partial charge in [-0.1, -0.05) is 53.6 Å². The lowest BCUT2D eigenvalue weighted by atomic mass is 10.0. The van der Waals surface area contributed by atoms with Gasteiger partial charge in [0.05, 0.1) is 16.1 Å². The first-order valence-electron chi connectivity index (χ1n) is 8.80. The van der Waals surface area contributed by atoms with Gasteiger partial charge >= 0.3 is 0 Å². The Balaban J connectivity index is 2.06. The third-order valence-electron chi connectivity index (χ3n) is 4.50. The van der Waals surface area contributed by atoms with Crippen LogP contribution >= 0.6 is 11.6 Å². The Morgan fingerprint density at radius 3 is 2.41 bits per heavy atom. The lowest BCUT2D eigenvalue weighted by Gasteiger charge is -2.10. The first-order valence-corrected chi connectivity index (χ1v) is 10.6. The molecule has 0 aliphatic rings. The van der Waals surface area contributed by atoms with Gasteiger partial charge in [0.15, 0.2) is 0 Å². The summed E-state index contributed by atoms with van der Waals surface area (Å²) in [5.74, 6) is 0. The Morgan fingerprint density at radius 2 is 1.69 bits per heavy atom. The zero-order chi connectivity index (χ0) is 20.6. The molecule has 146 valence electrons. The molecule has 4 rings (SSSR count). The number of benzene rings is 3. The lowest BCUT2D eigenvalue weighted by Crippen LogP contribution is -2.13. The van der Waals surface area contributed by atoms with Crippen molar-refractivity contribution in [2.75, 3.05) is 5.73 Å². The quantitative estimate of drug-likeness (QED) is 0.505.